The second-order valence-electron chi connectivity index (χ2n) is 10.0. The first-order chi connectivity index (χ1) is 8.92. The van der Waals surface area contributed by atoms with E-state index in [2.05, 4.69) is 76.2 Å². The molecule has 0 aliphatic heterocycles. The average Bonchev–Trinajstić information content (AvgIpc) is 2.25. The van der Waals surface area contributed by atoms with Gasteiger partial charge in [-0.05, 0) is 32.5 Å². The topological polar surface area (TPSA) is 37.3 Å². The van der Waals surface area contributed by atoms with Crippen molar-refractivity contribution >= 4 is 5.97 Å². The van der Waals surface area contributed by atoms with Gasteiger partial charge in [0.2, 0.25) is 0 Å². The zero-order valence-electron chi connectivity index (χ0n) is 16.6. The molecule has 0 bridgehead atoms. The number of carboxylic acids is 1. The van der Waals surface area contributed by atoms with Crippen molar-refractivity contribution in [1.82, 2.24) is 0 Å². The van der Waals surface area contributed by atoms with Crippen molar-refractivity contribution in [3.05, 3.63) is 0 Å². The summed E-state index contributed by atoms with van der Waals surface area (Å²) in [5.41, 5.74) is -0.354. The van der Waals surface area contributed by atoms with Crippen LogP contribution in [0.4, 0.5) is 0 Å². The van der Waals surface area contributed by atoms with Gasteiger partial charge in [0.15, 0.2) is 0 Å². The van der Waals surface area contributed by atoms with Gasteiger partial charge >= 0.3 is 5.97 Å². The number of hydrogen-bond acceptors (Lipinski definition) is 1. The van der Waals surface area contributed by atoms with Crippen LogP contribution in [0.25, 0.3) is 0 Å². The van der Waals surface area contributed by atoms with E-state index in [0.29, 0.717) is 0 Å². The third-order valence-electron chi connectivity index (χ3n) is 9.51. The fourth-order valence-electron chi connectivity index (χ4n) is 5.25. The second kappa shape index (κ2) is 5.55. The van der Waals surface area contributed by atoms with Crippen LogP contribution < -0.4 is 0 Å². The molecule has 0 heterocycles. The van der Waals surface area contributed by atoms with Crippen LogP contribution in [-0.4, -0.2) is 11.1 Å². The zero-order valence-corrected chi connectivity index (χ0v) is 19.5. The minimum atomic E-state index is -0.690. The number of aliphatic carboxylic acids is 1. The largest absolute Gasteiger partial charge is 0.481 e. The summed E-state index contributed by atoms with van der Waals surface area (Å²) in [5.74, 6) is -0.690. The first-order valence-corrected chi connectivity index (χ1v) is 8.13. The van der Waals surface area contributed by atoms with Gasteiger partial charge in [-0.1, -0.05) is 76.2 Å². The van der Waals surface area contributed by atoms with Gasteiger partial charge in [-0.3, -0.25) is 4.79 Å². The summed E-state index contributed by atoms with van der Waals surface area (Å²) in [6.45, 7) is 25.3. The average molecular weight is 385 g/mol. The summed E-state index contributed by atoms with van der Waals surface area (Å²) in [5, 5.41) is 9.57. The van der Waals surface area contributed by atoms with Crippen molar-refractivity contribution < 1.29 is 42.6 Å². The number of carbonyl (C=O) groups is 1. The molecule has 1 rings (SSSR count). The minimum Gasteiger partial charge on any atom is -0.481 e. The SMILES string of the molecule is CC1(C)C(C)(C)C(C)(C)C(C)(CC(=O)O)C(C)(C)C1(C)C.[Y]. The normalized spacial score (nSPS) is 29.2. The molecule has 3 heteroatoms. The molecule has 0 aromatic rings. The summed E-state index contributed by atoms with van der Waals surface area (Å²) in [6, 6.07) is 0. The Bertz CT molecular complexity index is 426. The molecule has 127 valence electrons. The molecule has 1 aliphatic rings. The smallest absolute Gasteiger partial charge is 0.303 e. The molecule has 0 aromatic carbocycles. The van der Waals surface area contributed by atoms with Crippen LogP contribution in [0.2, 0.25) is 0 Å². The predicted molar refractivity (Wildman–Crippen MR) is 89.3 cm³/mol. The molecular formula is C19H36O2Y. The van der Waals surface area contributed by atoms with Gasteiger partial charge in [-0.25, -0.2) is 0 Å². The monoisotopic (exact) mass is 385 g/mol. The van der Waals surface area contributed by atoms with E-state index < -0.39 is 5.97 Å². The van der Waals surface area contributed by atoms with E-state index in [9.17, 15) is 9.90 Å². The van der Waals surface area contributed by atoms with E-state index in [0.717, 1.165) is 0 Å². The Morgan fingerprint density at radius 3 is 1.09 bits per heavy atom. The van der Waals surface area contributed by atoms with Gasteiger partial charge in [0.1, 0.15) is 0 Å². The van der Waals surface area contributed by atoms with Gasteiger partial charge < -0.3 is 5.11 Å². The molecular weight excluding hydrogens is 349 g/mol. The van der Waals surface area contributed by atoms with Crippen LogP contribution in [0.1, 0.15) is 82.6 Å². The maximum absolute atomic E-state index is 11.6. The second-order valence-corrected chi connectivity index (χ2v) is 10.0. The van der Waals surface area contributed by atoms with E-state index in [-0.39, 0.29) is 71.6 Å². The summed E-state index contributed by atoms with van der Waals surface area (Å²) >= 11 is 0. The van der Waals surface area contributed by atoms with Crippen LogP contribution in [0.3, 0.4) is 0 Å². The van der Waals surface area contributed by atoms with Gasteiger partial charge in [0.05, 0.1) is 6.42 Å². The summed E-state index contributed by atoms with van der Waals surface area (Å²) in [6.07, 6.45) is 0.218. The molecule has 0 spiro atoms. The Balaban J connectivity index is 0.00000441. The third kappa shape index (κ3) is 2.22. The Hall–Kier alpha value is 0.574. The van der Waals surface area contributed by atoms with E-state index >= 15 is 0 Å². The van der Waals surface area contributed by atoms with Crippen molar-refractivity contribution in [3.63, 3.8) is 0 Å². The zero-order chi connectivity index (χ0) is 17.3. The van der Waals surface area contributed by atoms with Crippen molar-refractivity contribution in [3.8, 4) is 0 Å². The third-order valence-corrected chi connectivity index (χ3v) is 9.51. The molecule has 1 fully saturated rings. The molecule has 1 saturated carbocycles. The molecule has 1 radical (unpaired) electrons. The molecule has 2 nitrogen and oxygen atoms in total. The maximum atomic E-state index is 11.6. The molecule has 0 amide bonds. The van der Waals surface area contributed by atoms with Crippen molar-refractivity contribution in [2.24, 2.45) is 32.5 Å². The molecule has 0 saturated heterocycles. The van der Waals surface area contributed by atoms with Crippen molar-refractivity contribution in [1.29, 1.82) is 0 Å². The van der Waals surface area contributed by atoms with Gasteiger partial charge in [0, 0.05) is 32.7 Å². The van der Waals surface area contributed by atoms with Crippen LogP contribution in [-0.2, 0) is 37.5 Å². The van der Waals surface area contributed by atoms with Gasteiger partial charge in [-0.15, -0.1) is 0 Å². The van der Waals surface area contributed by atoms with Gasteiger partial charge in [-0.2, -0.15) is 0 Å². The van der Waals surface area contributed by atoms with E-state index in [4.69, 9.17) is 0 Å². The summed E-state index contributed by atoms with van der Waals surface area (Å²) in [4.78, 5) is 11.6. The van der Waals surface area contributed by atoms with Crippen LogP contribution >= 0.6 is 0 Å². The van der Waals surface area contributed by atoms with Crippen LogP contribution in [0, 0.1) is 32.5 Å². The number of hydrogen-bond donors (Lipinski definition) is 1. The molecule has 0 aromatic heterocycles. The maximum Gasteiger partial charge on any atom is 0.303 e. The number of carboxylic acid groups (broad SMARTS) is 1. The molecule has 22 heavy (non-hydrogen) atoms. The molecule has 1 aliphatic carbocycles. The Morgan fingerprint density at radius 2 is 0.864 bits per heavy atom. The summed E-state index contributed by atoms with van der Waals surface area (Å²) in [7, 11) is 0. The Labute approximate surface area is 163 Å². The van der Waals surface area contributed by atoms with E-state index in [1.807, 2.05) is 0 Å². The Kier molecular flexibility index (Phi) is 5.69. The number of rotatable bonds is 2. The predicted octanol–water partition coefficient (Wildman–Crippen LogP) is 5.61. The fourth-order valence-corrected chi connectivity index (χ4v) is 5.25. The first-order valence-electron chi connectivity index (χ1n) is 8.13. The molecule has 1 N–H and O–H groups in total. The van der Waals surface area contributed by atoms with Crippen molar-refractivity contribution in [2.45, 2.75) is 82.6 Å². The standard InChI is InChI=1S/C19H36O2.Y/c1-14(2)15(3,4)17(7,8)19(11,12-13(20)21)18(9,10)16(14,5)6;/h12H2,1-11H3,(H,20,21);. The van der Waals surface area contributed by atoms with Gasteiger partial charge in [0.25, 0.3) is 0 Å². The minimum absolute atomic E-state index is 0. The summed E-state index contributed by atoms with van der Waals surface area (Å²) < 4.78 is 0. The molecule has 0 unspecified atom stereocenters. The van der Waals surface area contributed by atoms with Crippen LogP contribution in [0.5, 0.6) is 0 Å². The fraction of sp³-hybridized carbons (Fsp3) is 0.947. The molecule has 0 atom stereocenters. The first kappa shape index (κ1) is 22.6. The Morgan fingerprint density at radius 1 is 0.636 bits per heavy atom. The quantitative estimate of drug-likeness (QED) is 0.671. The van der Waals surface area contributed by atoms with Crippen LogP contribution in [0.15, 0.2) is 0 Å². The van der Waals surface area contributed by atoms with Crippen molar-refractivity contribution in [2.75, 3.05) is 0 Å². The van der Waals surface area contributed by atoms with E-state index in [1.165, 1.54) is 0 Å². The van der Waals surface area contributed by atoms with E-state index in [1.54, 1.807) is 0 Å².